The second kappa shape index (κ2) is 8.24. The number of morpholine rings is 1. The third-order valence-corrected chi connectivity index (χ3v) is 4.06. The van der Waals surface area contributed by atoms with Gasteiger partial charge in [0.25, 0.3) is 0 Å². The van der Waals surface area contributed by atoms with Gasteiger partial charge in [-0.15, -0.1) is 5.10 Å². The summed E-state index contributed by atoms with van der Waals surface area (Å²) in [7, 11) is 1.77. The van der Waals surface area contributed by atoms with E-state index in [1.165, 1.54) is 6.07 Å². The minimum atomic E-state index is -0.514. The lowest BCUT2D eigenvalue weighted by Gasteiger charge is -2.26. The van der Waals surface area contributed by atoms with Gasteiger partial charge in [-0.1, -0.05) is 0 Å². The summed E-state index contributed by atoms with van der Waals surface area (Å²) in [5, 5.41) is 4.31. The second-order valence-electron chi connectivity index (χ2n) is 5.86. The Hall–Kier alpha value is -2.52. The van der Waals surface area contributed by atoms with Gasteiger partial charge in [0.2, 0.25) is 5.95 Å². The van der Waals surface area contributed by atoms with E-state index in [-0.39, 0.29) is 30.0 Å². The zero-order valence-corrected chi connectivity index (χ0v) is 14.5. The van der Waals surface area contributed by atoms with Crippen molar-refractivity contribution in [3.63, 3.8) is 0 Å². The normalized spacial score (nSPS) is 15.4. The third kappa shape index (κ3) is 4.00. The molecule has 26 heavy (non-hydrogen) atoms. The fraction of sp³-hybridized carbons (Fsp3) is 0.412. The Balaban J connectivity index is 1.77. The standard InChI is InChI=1S/C17H21F2N5O2/c1-23-17(24-4-6-25-7-5-24)21-16(22-23)14-3-2-13(8-15(14)19)26-11-12(9-18)10-20/h2-3,8-9H,4-7,10-11,20H2,1H3/b12-9-. The summed E-state index contributed by atoms with van der Waals surface area (Å²) in [4.78, 5) is 6.51. The summed E-state index contributed by atoms with van der Waals surface area (Å²) in [5.74, 6) is 0.733. The number of halogens is 2. The van der Waals surface area contributed by atoms with Crippen LogP contribution in [0.2, 0.25) is 0 Å². The van der Waals surface area contributed by atoms with Gasteiger partial charge in [-0.25, -0.2) is 13.5 Å². The van der Waals surface area contributed by atoms with Gasteiger partial charge in [0.05, 0.1) is 25.1 Å². The van der Waals surface area contributed by atoms with Crippen LogP contribution in [0.5, 0.6) is 5.75 Å². The predicted octanol–water partition coefficient (Wildman–Crippen LogP) is 1.65. The first-order chi connectivity index (χ1) is 12.6. The fourth-order valence-electron chi connectivity index (χ4n) is 2.61. The number of hydrogen-bond donors (Lipinski definition) is 1. The molecule has 1 aromatic carbocycles. The van der Waals surface area contributed by atoms with Crippen LogP contribution in [0.1, 0.15) is 0 Å². The summed E-state index contributed by atoms with van der Waals surface area (Å²) < 4.78 is 39.3. The highest BCUT2D eigenvalue weighted by molar-refractivity contribution is 5.59. The van der Waals surface area contributed by atoms with Crippen LogP contribution in [0.4, 0.5) is 14.7 Å². The summed E-state index contributed by atoms with van der Waals surface area (Å²) in [6.45, 7) is 2.69. The fourth-order valence-corrected chi connectivity index (χ4v) is 2.61. The number of nitrogens with two attached hydrogens (primary N) is 1. The smallest absolute Gasteiger partial charge is 0.224 e. The minimum Gasteiger partial charge on any atom is -0.489 e. The Morgan fingerprint density at radius 2 is 2.15 bits per heavy atom. The van der Waals surface area contributed by atoms with Crippen molar-refractivity contribution < 1.29 is 18.3 Å². The first-order valence-corrected chi connectivity index (χ1v) is 8.27. The average Bonchev–Trinajstić information content (AvgIpc) is 3.05. The van der Waals surface area contributed by atoms with Crippen LogP contribution in [0.3, 0.4) is 0 Å². The zero-order valence-electron chi connectivity index (χ0n) is 14.5. The molecule has 0 radical (unpaired) electrons. The molecule has 1 fully saturated rings. The third-order valence-electron chi connectivity index (χ3n) is 4.06. The van der Waals surface area contributed by atoms with Gasteiger partial charge in [-0.05, 0) is 12.1 Å². The van der Waals surface area contributed by atoms with Crippen LogP contribution in [0.25, 0.3) is 11.4 Å². The molecule has 3 rings (SSSR count). The molecule has 7 nitrogen and oxygen atoms in total. The summed E-state index contributed by atoms with van der Waals surface area (Å²) in [6.07, 6.45) is 0.399. The molecule has 0 unspecified atom stereocenters. The number of ether oxygens (including phenoxy) is 2. The molecule has 1 aliphatic heterocycles. The maximum atomic E-state index is 14.5. The summed E-state index contributed by atoms with van der Waals surface area (Å²) in [6, 6.07) is 4.37. The van der Waals surface area contributed by atoms with Crippen LogP contribution < -0.4 is 15.4 Å². The Morgan fingerprint density at radius 3 is 2.81 bits per heavy atom. The van der Waals surface area contributed by atoms with Gasteiger partial charge in [-0.2, -0.15) is 4.98 Å². The number of aryl methyl sites for hydroxylation is 1. The Labute approximate surface area is 150 Å². The van der Waals surface area contributed by atoms with E-state index < -0.39 is 5.82 Å². The molecule has 1 aliphatic rings. The molecule has 0 bridgehead atoms. The van der Waals surface area contributed by atoms with E-state index in [2.05, 4.69) is 10.1 Å². The summed E-state index contributed by atoms with van der Waals surface area (Å²) in [5.41, 5.74) is 5.92. The Morgan fingerprint density at radius 1 is 1.38 bits per heavy atom. The monoisotopic (exact) mass is 365 g/mol. The number of benzene rings is 1. The first-order valence-electron chi connectivity index (χ1n) is 8.27. The van der Waals surface area contributed by atoms with E-state index in [1.54, 1.807) is 23.9 Å². The SMILES string of the molecule is Cn1nc(-c2ccc(OC/C(=C\F)CN)cc2F)nc1N1CCOCC1. The number of hydrogen-bond acceptors (Lipinski definition) is 6. The predicted molar refractivity (Wildman–Crippen MR) is 93.2 cm³/mol. The number of rotatable bonds is 6. The van der Waals surface area contributed by atoms with Crippen LogP contribution in [-0.2, 0) is 11.8 Å². The van der Waals surface area contributed by atoms with E-state index >= 15 is 0 Å². The number of aromatic nitrogens is 3. The minimum absolute atomic E-state index is 0.0329. The lowest BCUT2D eigenvalue weighted by Crippen LogP contribution is -2.37. The zero-order chi connectivity index (χ0) is 18.5. The van der Waals surface area contributed by atoms with Crippen LogP contribution in [0.15, 0.2) is 30.1 Å². The first kappa shape index (κ1) is 18.3. The molecule has 0 saturated carbocycles. The highest BCUT2D eigenvalue weighted by Gasteiger charge is 2.20. The van der Waals surface area contributed by atoms with Crippen molar-refractivity contribution in [1.29, 1.82) is 0 Å². The maximum absolute atomic E-state index is 14.5. The molecule has 140 valence electrons. The van der Waals surface area contributed by atoms with Gasteiger partial charge < -0.3 is 20.1 Å². The number of nitrogens with zero attached hydrogens (tertiary/aromatic N) is 4. The molecule has 2 heterocycles. The van der Waals surface area contributed by atoms with Gasteiger partial charge in [0.1, 0.15) is 18.2 Å². The van der Waals surface area contributed by atoms with Crippen molar-refractivity contribution in [2.24, 2.45) is 12.8 Å². The molecule has 1 aromatic heterocycles. The molecule has 2 aromatic rings. The Kier molecular flexibility index (Phi) is 5.79. The van der Waals surface area contributed by atoms with Gasteiger partial charge in [-0.3, -0.25) is 0 Å². The molecule has 0 aliphatic carbocycles. The molecule has 2 N–H and O–H groups in total. The van der Waals surface area contributed by atoms with E-state index in [0.29, 0.717) is 44.4 Å². The topological polar surface area (TPSA) is 78.4 Å². The van der Waals surface area contributed by atoms with Gasteiger partial charge in [0.15, 0.2) is 5.82 Å². The van der Waals surface area contributed by atoms with Crippen molar-refractivity contribution in [3.05, 3.63) is 35.9 Å². The van der Waals surface area contributed by atoms with Crippen LogP contribution in [0, 0.1) is 5.82 Å². The highest BCUT2D eigenvalue weighted by Crippen LogP contribution is 2.26. The highest BCUT2D eigenvalue weighted by atomic mass is 19.1. The molecule has 1 saturated heterocycles. The van der Waals surface area contributed by atoms with Crippen molar-refractivity contribution in [2.45, 2.75) is 0 Å². The molecule has 0 spiro atoms. The lowest BCUT2D eigenvalue weighted by atomic mass is 10.2. The van der Waals surface area contributed by atoms with E-state index in [0.717, 1.165) is 0 Å². The van der Waals surface area contributed by atoms with Crippen molar-refractivity contribution in [2.75, 3.05) is 44.4 Å². The Bertz CT molecular complexity index is 787. The molecular formula is C17H21F2N5O2. The average molecular weight is 365 g/mol. The van der Waals surface area contributed by atoms with Crippen molar-refractivity contribution in [3.8, 4) is 17.1 Å². The molecule has 0 atom stereocenters. The molecule has 0 amide bonds. The molecule has 9 heteroatoms. The lowest BCUT2D eigenvalue weighted by molar-refractivity contribution is 0.121. The van der Waals surface area contributed by atoms with Crippen LogP contribution in [-0.4, -0.2) is 54.2 Å². The van der Waals surface area contributed by atoms with E-state index in [1.807, 2.05) is 4.90 Å². The summed E-state index contributed by atoms with van der Waals surface area (Å²) >= 11 is 0. The largest absolute Gasteiger partial charge is 0.489 e. The number of anilines is 1. The van der Waals surface area contributed by atoms with Crippen molar-refractivity contribution in [1.82, 2.24) is 14.8 Å². The van der Waals surface area contributed by atoms with E-state index in [9.17, 15) is 8.78 Å². The quantitative estimate of drug-likeness (QED) is 0.839. The maximum Gasteiger partial charge on any atom is 0.224 e. The molecular weight excluding hydrogens is 344 g/mol. The van der Waals surface area contributed by atoms with Gasteiger partial charge >= 0.3 is 0 Å². The second-order valence-corrected chi connectivity index (χ2v) is 5.86. The van der Waals surface area contributed by atoms with E-state index in [4.69, 9.17) is 15.2 Å². The van der Waals surface area contributed by atoms with Crippen molar-refractivity contribution >= 4 is 5.95 Å². The van der Waals surface area contributed by atoms with Crippen LogP contribution >= 0.6 is 0 Å². The van der Waals surface area contributed by atoms with Gasteiger partial charge in [0, 0.05) is 38.3 Å².